The van der Waals surface area contributed by atoms with E-state index in [-0.39, 0.29) is 41.6 Å². The van der Waals surface area contributed by atoms with Gasteiger partial charge >= 0.3 is 11.9 Å². The molecular formula is C25H30O6. The fourth-order valence-electron chi connectivity index (χ4n) is 8.68. The predicted molar refractivity (Wildman–Crippen MR) is 110 cm³/mol. The van der Waals surface area contributed by atoms with E-state index in [1.807, 2.05) is 39.8 Å². The van der Waals surface area contributed by atoms with Crippen LogP contribution >= 0.6 is 0 Å². The molecule has 5 aliphatic heterocycles. The zero-order valence-corrected chi connectivity index (χ0v) is 18.9. The summed E-state index contributed by atoms with van der Waals surface area (Å²) < 4.78 is 18.4. The quantitative estimate of drug-likeness (QED) is 0.553. The van der Waals surface area contributed by atoms with Crippen molar-refractivity contribution in [2.45, 2.75) is 77.1 Å². The first kappa shape index (κ1) is 19.7. The maximum atomic E-state index is 14.0. The third kappa shape index (κ3) is 1.98. The number of carbonyl (C=O) groups excluding carboxylic acids is 3. The Bertz CT molecular complexity index is 1020. The Morgan fingerprint density at radius 2 is 1.77 bits per heavy atom. The largest absolute Gasteiger partial charge is 0.459 e. The molecule has 2 spiro atoms. The van der Waals surface area contributed by atoms with E-state index >= 15 is 0 Å². The number of hydrogen-bond donors (Lipinski definition) is 0. The Hall–Kier alpha value is -1.95. The second-order valence-electron chi connectivity index (χ2n) is 12.0. The van der Waals surface area contributed by atoms with Crippen LogP contribution in [0.15, 0.2) is 23.8 Å². The average Bonchev–Trinajstić information content (AvgIpc) is 2.80. The normalized spacial score (nSPS) is 53.6. The van der Waals surface area contributed by atoms with Crippen molar-refractivity contribution in [1.29, 1.82) is 0 Å². The maximum absolute atomic E-state index is 14.0. The van der Waals surface area contributed by atoms with Crippen molar-refractivity contribution in [2.75, 3.05) is 6.61 Å². The van der Waals surface area contributed by atoms with Crippen LogP contribution in [0, 0.1) is 28.1 Å². The SMILES string of the molecule is CC1(C)OC(=O)C=C[C@]2(C)[C@@H]3C[C@@]4(C)C(=O)[C@@]5(C)C=C6C(=O)OC[C@@]64O[C@@]3(CC[C@@H]12)C5. The molecular weight excluding hydrogens is 396 g/mol. The molecule has 5 heterocycles. The summed E-state index contributed by atoms with van der Waals surface area (Å²) in [5, 5.41) is 0. The number of rotatable bonds is 0. The molecule has 6 nitrogen and oxygen atoms in total. The number of cyclic esters (lactones) is 2. The van der Waals surface area contributed by atoms with Crippen LogP contribution in [0.4, 0.5) is 0 Å². The first-order chi connectivity index (χ1) is 14.3. The van der Waals surface area contributed by atoms with Crippen molar-refractivity contribution in [3.63, 3.8) is 0 Å². The van der Waals surface area contributed by atoms with Crippen LogP contribution < -0.4 is 0 Å². The van der Waals surface area contributed by atoms with Crippen molar-refractivity contribution in [1.82, 2.24) is 0 Å². The van der Waals surface area contributed by atoms with E-state index in [1.165, 1.54) is 0 Å². The summed E-state index contributed by atoms with van der Waals surface area (Å²) in [6.45, 7) is 10.2. The van der Waals surface area contributed by atoms with E-state index in [4.69, 9.17) is 14.2 Å². The molecule has 0 amide bonds. The zero-order valence-electron chi connectivity index (χ0n) is 18.9. The van der Waals surface area contributed by atoms with E-state index in [0.29, 0.717) is 18.4 Å². The molecule has 0 radical (unpaired) electrons. The number of esters is 2. The van der Waals surface area contributed by atoms with Crippen molar-refractivity contribution < 1.29 is 28.6 Å². The maximum Gasteiger partial charge on any atom is 0.336 e. The number of carbonyl (C=O) groups is 3. The molecule has 31 heavy (non-hydrogen) atoms. The lowest BCUT2D eigenvalue weighted by Crippen LogP contribution is -2.69. The van der Waals surface area contributed by atoms with Crippen LogP contribution in [0.25, 0.3) is 0 Å². The summed E-state index contributed by atoms with van der Waals surface area (Å²) in [6.07, 6.45) is 8.19. The molecule has 5 fully saturated rings. The van der Waals surface area contributed by atoms with Gasteiger partial charge in [0.2, 0.25) is 0 Å². The van der Waals surface area contributed by atoms with Gasteiger partial charge in [0.1, 0.15) is 17.8 Å². The molecule has 4 bridgehead atoms. The first-order valence-electron chi connectivity index (χ1n) is 11.4. The van der Waals surface area contributed by atoms with Crippen LogP contribution in [0.2, 0.25) is 0 Å². The lowest BCUT2D eigenvalue weighted by atomic mass is 9.47. The van der Waals surface area contributed by atoms with Gasteiger partial charge in [0.05, 0.1) is 16.6 Å². The minimum Gasteiger partial charge on any atom is -0.459 e. The van der Waals surface area contributed by atoms with Gasteiger partial charge in [-0.2, -0.15) is 0 Å². The monoisotopic (exact) mass is 426 g/mol. The molecule has 3 aliphatic carbocycles. The third-order valence-electron chi connectivity index (χ3n) is 9.87. The summed E-state index contributed by atoms with van der Waals surface area (Å²) >= 11 is 0. The summed E-state index contributed by atoms with van der Waals surface area (Å²) in [7, 11) is 0. The number of fused-ring (bicyclic) bond motifs is 1. The first-order valence-corrected chi connectivity index (χ1v) is 11.4. The Balaban J connectivity index is 1.58. The smallest absolute Gasteiger partial charge is 0.336 e. The molecule has 0 N–H and O–H groups in total. The van der Waals surface area contributed by atoms with Gasteiger partial charge in [-0.05, 0) is 64.7 Å². The lowest BCUT2D eigenvalue weighted by Gasteiger charge is -2.64. The fraction of sp³-hybridized carbons (Fsp3) is 0.720. The number of hydrogen-bond acceptors (Lipinski definition) is 6. The molecule has 6 heteroatoms. The van der Waals surface area contributed by atoms with Gasteiger partial charge in [-0.15, -0.1) is 0 Å². The van der Waals surface area contributed by atoms with Crippen molar-refractivity contribution in [3.05, 3.63) is 23.8 Å². The second kappa shape index (κ2) is 5.16. The van der Waals surface area contributed by atoms with Gasteiger partial charge in [-0.3, -0.25) is 4.79 Å². The van der Waals surface area contributed by atoms with Gasteiger partial charge in [0.25, 0.3) is 0 Å². The number of allylic oxidation sites excluding steroid dienone is 2. The van der Waals surface area contributed by atoms with Gasteiger partial charge in [0, 0.05) is 17.4 Å². The van der Waals surface area contributed by atoms with Gasteiger partial charge in [0.15, 0.2) is 5.78 Å². The van der Waals surface area contributed by atoms with Crippen molar-refractivity contribution >= 4 is 17.7 Å². The topological polar surface area (TPSA) is 78.9 Å². The Morgan fingerprint density at radius 1 is 1.03 bits per heavy atom. The van der Waals surface area contributed by atoms with Crippen LogP contribution in [-0.2, 0) is 28.6 Å². The molecule has 8 rings (SSSR count). The summed E-state index contributed by atoms with van der Waals surface area (Å²) in [5.41, 5.74) is -3.65. The summed E-state index contributed by atoms with van der Waals surface area (Å²) in [4.78, 5) is 39.1. The second-order valence-corrected chi connectivity index (χ2v) is 12.0. The number of ketones is 1. The third-order valence-corrected chi connectivity index (χ3v) is 9.87. The van der Waals surface area contributed by atoms with E-state index in [9.17, 15) is 14.4 Å². The number of ether oxygens (including phenoxy) is 3. The number of Topliss-reactive ketones (excluding diaryl/α,β-unsaturated/α-hetero) is 1. The highest BCUT2D eigenvalue weighted by Gasteiger charge is 2.79. The summed E-state index contributed by atoms with van der Waals surface area (Å²) in [5.74, 6) is -0.390. The molecule has 0 aromatic rings. The van der Waals surface area contributed by atoms with Gasteiger partial charge in [-0.25, -0.2) is 9.59 Å². The predicted octanol–water partition coefficient (Wildman–Crippen LogP) is 3.29. The molecule has 2 saturated carbocycles. The fourth-order valence-corrected chi connectivity index (χ4v) is 8.68. The Kier molecular flexibility index (Phi) is 3.28. The molecule has 166 valence electrons. The highest BCUT2D eigenvalue weighted by atomic mass is 16.6. The Labute approximate surface area is 182 Å². The van der Waals surface area contributed by atoms with Gasteiger partial charge in [-0.1, -0.05) is 19.1 Å². The molecule has 8 aliphatic rings. The lowest BCUT2D eigenvalue weighted by molar-refractivity contribution is -0.283. The van der Waals surface area contributed by atoms with E-state index < -0.39 is 27.6 Å². The minimum absolute atomic E-state index is 0.0219. The van der Waals surface area contributed by atoms with Gasteiger partial charge < -0.3 is 14.2 Å². The van der Waals surface area contributed by atoms with E-state index in [0.717, 1.165) is 12.8 Å². The highest BCUT2D eigenvalue weighted by Crippen LogP contribution is 2.73. The molecule has 0 aromatic carbocycles. The summed E-state index contributed by atoms with van der Waals surface area (Å²) in [6, 6.07) is 0. The zero-order chi connectivity index (χ0) is 22.2. The van der Waals surface area contributed by atoms with Crippen LogP contribution in [0.1, 0.15) is 60.3 Å². The van der Waals surface area contributed by atoms with Crippen LogP contribution in [-0.4, -0.2) is 41.1 Å². The average molecular weight is 427 g/mol. The van der Waals surface area contributed by atoms with Crippen molar-refractivity contribution in [3.8, 4) is 0 Å². The van der Waals surface area contributed by atoms with Crippen LogP contribution in [0.3, 0.4) is 0 Å². The molecule has 0 unspecified atom stereocenters. The van der Waals surface area contributed by atoms with E-state index in [2.05, 4.69) is 6.92 Å². The van der Waals surface area contributed by atoms with Crippen LogP contribution in [0.5, 0.6) is 0 Å². The highest BCUT2D eigenvalue weighted by molar-refractivity contribution is 6.04. The minimum atomic E-state index is -1.01. The molecule has 3 saturated heterocycles. The Morgan fingerprint density at radius 3 is 2.52 bits per heavy atom. The van der Waals surface area contributed by atoms with E-state index in [1.54, 1.807) is 6.08 Å². The standard InChI is InChI=1S/C25H30O6/c1-20(2)15-6-9-24-12-21(3)10-14-18(27)29-13-25(14,31-24)23(5,19(21)28)11-16(24)22(15,4)8-7-17(26)30-20/h7-8,10,15-16H,6,9,11-13H2,1-5H3/t15-,16-,21-,22-,23-,24-,25+/m0/s1. The molecule has 0 aromatic heterocycles. The van der Waals surface area contributed by atoms with Crippen molar-refractivity contribution in [2.24, 2.45) is 28.1 Å². The molecule has 7 atom stereocenters.